The van der Waals surface area contributed by atoms with Crippen LogP contribution in [0.4, 0.5) is 16.2 Å². The van der Waals surface area contributed by atoms with Gasteiger partial charge in [-0.3, -0.25) is 4.57 Å². The first-order valence-electron chi connectivity index (χ1n) is 7.81. The van der Waals surface area contributed by atoms with Gasteiger partial charge in [0, 0.05) is 13.1 Å². The minimum atomic E-state index is -1.84. The van der Waals surface area contributed by atoms with Crippen LogP contribution >= 0.6 is 0 Å². The van der Waals surface area contributed by atoms with Crippen LogP contribution in [0.1, 0.15) is 19.6 Å². The van der Waals surface area contributed by atoms with Gasteiger partial charge in [-0.2, -0.15) is 9.97 Å². The van der Waals surface area contributed by atoms with Gasteiger partial charge in [0.1, 0.15) is 11.7 Å². The second kappa shape index (κ2) is 5.23. The molecule has 2 fully saturated rings. The van der Waals surface area contributed by atoms with Crippen molar-refractivity contribution in [1.29, 1.82) is 0 Å². The number of nitrogen functional groups attached to an aromatic ring is 1. The van der Waals surface area contributed by atoms with Crippen molar-refractivity contribution in [3.63, 3.8) is 0 Å². The number of hydrogen-bond acceptors (Lipinski definition) is 8. The number of halogens is 1. The normalized spacial score (nSPS) is 33.2. The summed E-state index contributed by atoms with van der Waals surface area (Å²) in [6.07, 6.45) is -1.44. The topological polar surface area (TPSA) is 123 Å². The van der Waals surface area contributed by atoms with Crippen LogP contribution in [0.5, 0.6) is 0 Å². The quantitative estimate of drug-likeness (QED) is 0.691. The number of fused-ring (bicyclic) bond motifs is 1. The predicted molar refractivity (Wildman–Crippen MR) is 83.1 cm³/mol. The third kappa shape index (κ3) is 2.06. The van der Waals surface area contributed by atoms with Gasteiger partial charge < -0.3 is 25.6 Å². The lowest BCUT2D eigenvalue weighted by Crippen LogP contribution is -2.41. The van der Waals surface area contributed by atoms with E-state index in [9.17, 15) is 14.6 Å². The number of ether oxygens (including phenoxy) is 1. The molecule has 2 aliphatic rings. The largest absolute Gasteiger partial charge is 0.394 e. The Bertz CT molecular complexity index is 777. The highest BCUT2D eigenvalue weighted by atomic mass is 19.1. The molecule has 0 aromatic carbocycles. The summed E-state index contributed by atoms with van der Waals surface area (Å²) in [5.41, 5.74) is 4.85. The standard InChI is InChI=1S/C14H19FN6O3/c1-14(23)9(15)7(5-22)24-12(14)21-6-17-8-10(20-3-2-4-20)18-13(16)19-11(8)21/h6-7,9,12,22-23H,2-5H2,1H3,(H2,16,18,19)/t7-,9-,12?,14-/m1/s1. The summed E-state index contributed by atoms with van der Waals surface area (Å²) in [5.74, 6) is 0.690. The number of alkyl halides is 1. The van der Waals surface area contributed by atoms with Crippen molar-refractivity contribution < 1.29 is 19.3 Å². The van der Waals surface area contributed by atoms with Gasteiger partial charge in [0.25, 0.3) is 0 Å². The van der Waals surface area contributed by atoms with E-state index in [0.717, 1.165) is 19.5 Å². The fraction of sp³-hybridized carbons (Fsp3) is 0.643. The fourth-order valence-electron chi connectivity index (χ4n) is 3.21. The molecule has 0 spiro atoms. The lowest BCUT2D eigenvalue weighted by molar-refractivity contribution is -0.0892. The fourth-order valence-corrected chi connectivity index (χ4v) is 3.21. The second-order valence-electron chi connectivity index (χ2n) is 6.41. The summed E-state index contributed by atoms with van der Waals surface area (Å²) in [6.45, 7) is 2.51. The highest BCUT2D eigenvalue weighted by Gasteiger charge is 2.54. The molecule has 4 atom stereocenters. The third-order valence-electron chi connectivity index (χ3n) is 4.70. The summed E-state index contributed by atoms with van der Waals surface area (Å²) < 4.78 is 21.3. The molecule has 0 saturated carbocycles. The summed E-state index contributed by atoms with van der Waals surface area (Å²) in [7, 11) is 0. The van der Waals surface area contributed by atoms with E-state index in [-0.39, 0.29) is 5.95 Å². The Hall–Kier alpha value is -2.04. The van der Waals surface area contributed by atoms with Crippen LogP contribution in [0.15, 0.2) is 6.33 Å². The zero-order chi connectivity index (χ0) is 17.1. The maximum atomic E-state index is 14.3. The van der Waals surface area contributed by atoms with Crippen molar-refractivity contribution in [2.24, 2.45) is 0 Å². The van der Waals surface area contributed by atoms with E-state index in [1.165, 1.54) is 17.8 Å². The van der Waals surface area contributed by atoms with Crippen molar-refractivity contribution in [2.45, 2.75) is 37.4 Å². The van der Waals surface area contributed by atoms with Crippen molar-refractivity contribution in [1.82, 2.24) is 19.5 Å². The first-order chi connectivity index (χ1) is 11.4. The first kappa shape index (κ1) is 15.5. The molecular formula is C14H19FN6O3. The summed E-state index contributed by atoms with van der Waals surface area (Å²) in [5, 5.41) is 19.8. The van der Waals surface area contributed by atoms with E-state index in [2.05, 4.69) is 15.0 Å². The van der Waals surface area contributed by atoms with Crippen LogP contribution in [0, 0.1) is 0 Å². The van der Waals surface area contributed by atoms with Crippen LogP contribution in [0.3, 0.4) is 0 Å². The molecule has 2 saturated heterocycles. The van der Waals surface area contributed by atoms with Crippen molar-refractivity contribution >= 4 is 22.9 Å². The smallest absolute Gasteiger partial charge is 0.224 e. The number of imidazole rings is 1. The zero-order valence-corrected chi connectivity index (χ0v) is 13.1. The molecule has 4 heterocycles. The summed E-state index contributed by atoms with van der Waals surface area (Å²) >= 11 is 0. The Balaban J connectivity index is 1.82. The van der Waals surface area contributed by atoms with Gasteiger partial charge in [-0.15, -0.1) is 0 Å². The summed E-state index contributed by atoms with van der Waals surface area (Å²) in [4.78, 5) is 14.8. The number of aliphatic hydroxyl groups excluding tert-OH is 1. The molecule has 130 valence electrons. The van der Waals surface area contributed by atoms with Crippen LogP contribution in [0.2, 0.25) is 0 Å². The van der Waals surface area contributed by atoms with Gasteiger partial charge in [-0.05, 0) is 13.3 Å². The Morgan fingerprint density at radius 1 is 1.46 bits per heavy atom. The van der Waals surface area contributed by atoms with E-state index in [1.807, 2.05) is 4.90 Å². The second-order valence-corrected chi connectivity index (χ2v) is 6.41. The Morgan fingerprint density at radius 3 is 2.79 bits per heavy atom. The lowest BCUT2D eigenvalue weighted by Gasteiger charge is -2.32. The first-order valence-corrected chi connectivity index (χ1v) is 7.81. The number of nitrogens with zero attached hydrogens (tertiary/aromatic N) is 5. The van der Waals surface area contributed by atoms with Crippen LogP contribution < -0.4 is 10.6 Å². The molecule has 2 aliphatic heterocycles. The van der Waals surface area contributed by atoms with Crippen molar-refractivity contribution in [3.05, 3.63) is 6.33 Å². The van der Waals surface area contributed by atoms with E-state index in [4.69, 9.17) is 10.5 Å². The summed E-state index contributed by atoms with van der Waals surface area (Å²) in [6, 6.07) is 0. The van der Waals surface area contributed by atoms with Gasteiger partial charge in [0.2, 0.25) is 5.95 Å². The SMILES string of the molecule is C[C@]1(O)C(n2cnc3c(N4CCC4)nc(N)nc32)O[C@H](CO)[C@H]1F. The lowest BCUT2D eigenvalue weighted by atomic mass is 9.98. The molecule has 4 N–H and O–H groups in total. The average Bonchev–Trinajstić information content (AvgIpc) is 2.98. The van der Waals surface area contributed by atoms with Crippen molar-refractivity contribution in [2.75, 3.05) is 30.3 Å². The van der Waals surface area contributed by atoms with Crippen LogP contribution in [-0.4, -0.2) is 67.3 Å². The van der Waals surface area contributed by atoms with Gasteiger partial charge >= 0.3 is 0 Å². The number of anilines is 2. The highest BCUT2D eigenvalue weighted by molar-refractivity contribution is 5.85. The van der Waals surface area contributed by atoms with Crippen LogP contribution in [0.25, 0.3) is 11.2 Å². The average molecular weight is 338 g/mol. The minimum absolute atomic E-state index is 0.0688. The minimum Gasteiger partial charge on any atom is -0.394 e. The predicted octanol–water partition coefficient (Wildman–Crippen LogP) is -0.403. The number of hydrogen-bond donors (Lipinski definition) is 3. The molecule has 2 aromatic heterocycles. The third-order valence-corrected chi connectivity index (χ3v) is 4.70. The van der Waals surface area contributed by atoms with Gasteiger partial charge in [0.15, 0.2) is 29.4 Å². The Kier molecular flexibility index (Phi) is 3.37. The number of rotatable bonds is 3. The molecule has 2 aromatic rings. The molecule has 10 heteroatoms. The molecule has 0 amide bonds. The van der Waals surface area contributed by atoms with Gasteiger partial charge in [0.05, 0.1) is 12.9 Å². The maximum absolute atomic E-state index is 14.3. The van der Waals surface area contributed by atoms with E-state index < -0.39 is 30.7 Å². The molecule has 0 bridgehead atoms. The van der Waals surface area contributed by atoms with Crippen molar-refractivity contribution in [3.8, 4) is 0 Å². The Morgan fingerprint density at radius 2 is 2.21 bits per heavy atom. The molecule has 0 aliphatic carbocycles. The molecular weight excluding hydrogens is 319 g/mol. The monoisotopic (exact) mass is 338 g/mol. The van der Waals surface area contributed by atoms with E-state index in [1.54, 1.807) is 0 Å². The Labute approximate surface area is 136 Å². The van der Waals surface area contributed by atoms with Gasteiger partial charge in [-0.1, -0.05) is 0 Å². The number of aromatic nitrogens is 4. The number of nitrogens with two attached hydrogens (primary N) is 1. The maximum Gasteiger partial charge on any atom is 0.224 e. The van der Waals surface area contributed by atoms with E-state index in [0.29, 0.717) is 17.0 Å². The zero-order valence-electron chi connectivity index (χ0n) is 13.1. The number of aliphatic hydroxyl groups is 2. The van der Waals surface area contributed by atoms with E-state index >= 15 is 0 Å². The molecule has 9 nitrogen and oxygen atoms in total. The van der Waals surface area contributed by atoms with Crippen LogP contribution in [-0.2, 0) is 4.74 Å². The molecule has 1 unspecified atom stereocenters. The molecule has 24 heavy (non-hydrogen) atoms. The molecule has 0 radical (unpaired) electrons. The molecule has 4 rings (SSSR count). The van der Waals surface area contributed by atoms with Gasteiger partial charge in [-0.25, -0.2) is 9.37 Å². The highest BCUT2D eigenvalue weighted by Crippen LogP contribution is 2.41.